The third-order valence-corrected chi connectivity index (χ3v) is 2.32. The van der Waals surface area contributed by atoms with E-state index in [-0.39, 0.29) is 21.7 Å². The maximum atomic E-state index is 9.37. The van der Waals surface area contributed by atoms with Crippen LogP contribution in [0.25, 0.3) is 10.8 Å². The summed E-state index contributed by atoms with van der Waals surface area (Å²) in [6.07, 6.45) is 0. The Labute approximate surface area is 140 Å². The third-order valence-electron chi connectivity index (χ3n) is 2.32. The summed E-state index contributed by atoms with van der Waals surface area (Å²) in [5, 5.41) is 25.4. The van der Waals surface area contributed by atoms with Gasteiger partial charge in [0.05, 0.1) is 0 Å². The van der Waals surface area contributed by atoms with E-state index in [1.54, 1.807) is 6.07 Å². The van der Waals surface area contributed by atoms with E-state index in [4.69, 9.17) is 10.2 Å². The van der Waals surface area contributed by atoms with Gasteiger partial charge >= 0.3 is 0 Å². The van der Waals surface area contributed by atoms with Crippen LogP contribution in [0.2, 0.25) is 0 Å². The fourth-order valence-corrected chi connectivity index (χ4v) is 1.53. The summed E-state index contributed by atoms with van der Waals surface area (Å²) >= 11 is 0. The number of aliphatic hydroxyl groups excluding tert-OH is 2. The van der Waals surface area contributed by atoms with Gasteiger partial charge in [0.1, 0.15) is 5.75 Å². The van der Waals surface area contributed by atoms with E-state index in [0.29, 0.717) is 5.75 Å². The van der Waals surface area contributed by atoms with Crippen molar-refractivity contribution in [1.29, 1.82) is 0 Å². The Morgan fingerprint density at radius 2 is 1.24 bits per heavy atom. The number of hydrogen-bond acceptors (Lipinski definition) is 3. The van der Waals surface area contributed by atoms with Gasteiger partial charge in [-0.3, -0.25) is 0 Å². The molecule has 0 aromatic heterocycles. The van der Waals surface area contributed by atoms with Crippen molar-refractivity contribution >= 4 is 10.8 Å². The Morgan fingerprint density at radius 1 is 0.714 bits per heavy atom. The molecule has 3 nitrogen and oxygen atoms in total. The van der Waals surface area contributed by atoms with Gasteiger partial charge in [0.2, 0.25) is 0 Å². The van der Waals surface area contributed by atoms with Crippen LogP contribution in [-0.4, -0.2) is 29.5 Å². The number of hydrogen-bond donors (Lipinski definition) is 3. The monoisotopic (exact) mass is 321 g/mol. The van der Waals surface area contributed by atoms with Crippen LogP contribution in [0.15, 0.2) is 72.8 Å². The second-order valence-corrected chi connectivity index (χ2v) is 3.46. The summed E-state index contributed by atoms with van der Waals surface area (Å²) < 4.78 is 0. The molecule has 3 aromatic carbocycles. The summed E-state index contributed by atoms with van der Waals surface area (Å²) in [7, 11) is 2.00. The molecule has 0 fully saturated rings. The topological polar surface area (TPSA) is 60.7 Å². The van der Waals surface area contributed by atoms with Crippen LogP contribution in [0.1, 0.15) is 0 Å². The number of aromatic hydroxyl groups is 1. The number of aliphatic hydroxyl groups is 2. The van der Waals surface area contributed by atoms with Gasteiger partial charge in [-0.25, -0.2) is 12.1 Å². The standard InChI is InChI=1S/C10H8O.C5H5.2CH4O.Ti/c11-10-7-3-5-8-4-1-2-6-9(8)10;1-2-4-5-3-1;2*1-2;/h1-7,11H;1-5H;2*2H,1H3;/q;-1;;;. The summed E-state index contributed by atoms with van der Waals surface area (Å²) in [6, 6.07) is 23.3. The Balaban J connectivity index is 0. The van der Waals surface area contributed by atoms with Gasteiger partial charge in [-0.2, -0.15) is 18.2 Å². The minimum absolute atomic E-state index is 0. The van der Waals surface area contributed by atoms with Gasteiger partial charge in [0, 0.05) is 41.3 Å². The Kier molecular flexibility index (Phi) is 15.4. The zero-order chi connectivity index (χ0) is 15.2. The first-order valence-corrected chi connectivity index (χ1v) is 6.11. The van der Waals surface area contributed by atoms with Crippen LogP contribution in [0.3, 0.4) is 0 Å². The number of fused-ring (bicyclic) bond motifs is 1. The smallest absolute Gasteiger partial charge is 0.123 e. The van der Waals surface area contributed by atoms with E-state index < -0.39 is 0 Å². The zero-order valence-corrected chi connectivity index (χ0v) is 13.8. The van der Waals surface area contributed by atoms with Crippen molar-refractivity contribution in [3.05, 3.63) is 72.8 Å². The second kappa shape index (κ2) is 14.9. The number of rotatable bonds is 0. The van der Waals surface area contributed by atoms with E-state index in [9.17, 15) is 5.11 Å². The molecule has 0 saturated carbocycles. The minimum Gasteiger partial charge on any atom is -0.507 e. The predicted molar refractivity (Wildman–Crippen MR) is 83.9 cm³/mol. The van der Waals surface area contributed by atoms with Crippen LogP contribution >= 0.6 is 0 Å². The fourth-order valence-electron chi connectivity index (χ4n) is 1.53. The van der Waals surface area contributed by atoms with Crippen LogP contribution in [0.4, 0.5) is 0 Å². The van der Waals surface area contributed by atoms with Crippen LogP contribution in [0, 0.1) is 0 Å². The SMILES string of the molecule is CO.CO.Oc1cccc2ccccc12.[Ti].c1cc[cH-]c1. The van der Waals surface area contributed by atoms with E-state index >= 15 is 0 Å². The first kappa shape index (κ1) is 21.8. The Hall–Kier alpha value is -1.52. The van der Waals surface area contributed by atoms with E-state index in [0.717, 1.165) is 25.0 Å². The molecule has 0 bridgehead atoms. The van der Waals surface area contributed by atoms with E-state index in [2.05, 4.69) is 0 Å². The summed E-state index contributed by atoms with van der Waals surface area (Å²) in [5.41, 5.74) is 0. The van der Waals surface area contributed by atoms with Gasteiger partial charge in [-0.05, 0) is 11.5 Å². The summed E-state index contributed by atoms with van der Waals surface area (Å²) in [4.78, 5) is 0. The Morgan fingerprint density at radius 3 is 1.71 bits per heavy atom. The molecule has 0 saturated heterocycles. The van der Waals surface area contributed by atoms with Crippen LogP contribution in [0.5, 0.6) is 5.75 Å². The second-order valence-electron chi connectivity index (χ2n) is 3.46. The van der Waals surface area contributed by atoms with Crippen molar-refractivity contribution in [3.8, 4) is 5.75 Å². The molecule has 0 aliphatic rings. The van der Waals surface area contributed by atoms with Crippen molar-refractivity contribution in [2.45, 2.75) is 0 Å². The fraction of sp³-hybridized carbons (Fsp3) is 0.118. The first-order valence-electron chi connectivity index (χ1n) is 6.11. The molecule has 0 aliphatic heterocycles. The van der Waals surface area contributed by atoms with Crippen LogP contribution < -0.4 is 0 Å². The molecule has 3 N–H and O–H groups in total. The molecule has 0 spiro atoms. The quantitative estimate of drug-likeness (QED) is 0.440. The van der Waals surface area contributed by atoms with Crippen molar-refractivity contribution in [2.24, 2.45) is 0 Å². The molecular formula is C17H21O3Ti-. The van der Waals surface area contributed by atoms with Crippen molar-refractivity contribution in [1.82, 2.24) is 0 Å². The van der Waals surface area contributed by atoms with Crippen LogP contribution in [-0.2, 0) is 21.7 Å². The molecule has 0 radical (unpaired) electrons. The molecular weight excluding hydrogens is 300 g/mol. The molecule has 0 amide bonds. The number of phenols is 1. The average Bonchev–Trinajstić information content (AvgIpc) is 3.12. The molecule has 0 heterocycles. The maximum absolute atomic E-state index is 9.37. The van der Waals surface area contributed by atoms with Crippen molar-refractivity contribution in [3.63, 3.8) is 0 Å². The van der Waals surface area contributed by atoms with Gasteiger partial charge < -0.3 is 15.3 Å². The van der Waals surface area contributed by atoms with E-state index in [1.165, 1.54) is 0 Å². The molecule has 0 aliphatic carbocycles. The first-order chi connectivity index (χ1) is 9.88. The Bertz CT molecular complexity index is 528. The van der Waals surface area contributed by atoms with Crippen molar-refractivity contribution in [2.75, 3.05) is 14.2 Å². The normalized spacial score (nSPS) is 7.81. The van der Waals surface area contributed by atoms with Crippen molar-refractivity contribution < 1.29 is 37.0 Å². The molecule has 4 heteroatoms. The third kappa shape index (κ3) is 8.38. The molecule has 21 heavy (non-hydrogen) atoms. The minimum atomic E-state index is 0. The average molecular weight is 321 g/mol. The van der Waals surface area contributed by atoms with Gasteiger partial charge in [0.15, 0.2) is 0 Å². The zero-order valence-electron chi connectivity index (χ0n) is 12.3. The molecule has 0 unspecified atom stereocenters. The predicted octanol–water partition coefficient (Wildman–Crippen LogP) is 3.17. The largest absolute Gasteiger partial charge is 0.507 e. The number of benzene rings is 2. The van der Waals surface area contributed by atoms with Gasteiger partial charge in [0.25, 0.3) is 0 Å². The molecule has 3 rings (SSSR count). The maximum Gasteiger partial charge on any atom is 0.123 e. The summed E-state index contributed by atoms with van der Waals surface area (Å²) in [5.74, 6) is 0.350. The van der Waals surface area contributed by atoms with Gasteiger partial charge in [-0.15, -0.1) is 0 Å². The molecule has 3 aromatic rings. The molecule has 0 atom stereocenters. The summed E-state index contributed by atoms with van der Waals surface area (Å²) in [6.45, 7) is 0. The number of phenolic OH excluding ortho intramolecular Hbond substituents is 1. The van der Waals surface area contributed by atoms with Gasteiger partial charge in [-0.1, -0.05) is 36.4 Å². The van der Waals surface area contributed by atoms with E-state index in [1.807, 2.05) is 66.7 Å². The molecule has 112 valence electrons.